The van der Waals surface area contributed by atoms with Gasteiger partial charge in [-0.1, -0.05) is 0 Å². The average Bonchev–Trinajstić information content (AvgIpc) is 2.53. The van der Waals surface area contributed by atoms with Crippen LogP contribution in [0.1, 0.15) is 5.69 Å². The highest BCUT2D eigenvalue weighted by molar-refractivity contribution is 5.51. The SMILES string of the molecule is Cc1ccn(-c2ncccc2N)n1. The van der Waals surface area contributed by atoms with Crippen LogP contribution in [0.5, 0.6) is 0 Å². The van der Waals surface area contributed by atoms with E-state index in [-0.39, 0.29) is 0 Å². The minimum Gasteiger partial charge on any atom is -0.396 e. The van der Waals surface area contributed by atoms with Crippen molar-refractivity contribution in [3.63, 3.8) is 0 Å². The molecular weight excluding hydrogens is 164 g/mol. The Labute approximate surface area is 76.0 Å². The third kappa shape index (κ3) is 1.38. The summed E-state index contributed by atoms with van der Waals surface area (Å²) in [6, 6.07) is 5.52. The van der Waals surface area contributed by atoms with Gasteiger partial charge in [0.1, 0.15) is 0 Å². The third-order valence-electron chi connectivity index (χ3n) is 1.76. The molecule has 0 bridgehead atoms. The van der Waals surface area contributed by atoms with E-state index in [0.717, 1.165) is 5.69 Å². The third-order valence-corrected chi connectivity index (χ3v) is 1.76. The van der Waals surface area contributed by atoms with E-state index in [2.05, 4.69) is 10.1 Å². The van der Waals surface area contributed by atoms with Crippen molar-refractivity contribution in [1.29, 1.82) is 0 Å². The zero-order valence-corrected chi connectivity index (χ0v) is 7.31. The zero-order valence-electron chi connectivity index (χ0n) is 7.31. The number of anilines is 1. The van der Waals surface area contributed by atoms with E-state index in [9.17, 15) is 0 Å². The monoisotopic (exact) mass is 174 g/mol. The summed E-state index contributed by atoms with van der Waals surface area (Å²) in [5.74, 6) is 0.676. The molecule has 0 fully saturated rings. The van der Waals surface area contributed by atoms with Crippen LogP contribution in [-0.4, -0.2) is 14.8 Å². The molecule has 0 saturated heterocycles. The van der Waals surface area contributed by atoms with Crippen molar-refractivity contribution in [2.75, 3.05) is 5.73 Å². The van der Waals surface area contributed by atoms with Gasteiger partial charge in [-0.15, -0.1) is 0 Å². The summed E-state index contributed by atoms with van der Waals surface area (Å²) in [7, 11) is 0. The Balaban J connectivity index is 2.52. The predicted octanol–water partition coefficient (Wildman–Crippen LogP) is 1.16. The molecule has 2 aromatic heterocycles. The molecule has 0 spiro atoms. The van der Waals surface area contributed by atoms with Gasteiger partial charge in [-0.05, 0) is 25.1 Å². The number of pyridine rings is 1. The molecule has 0 aliphatic rings. The lowest BCUT2D eigenvalue weighted by Crippen LogP contribution is -2.02. The summed E-state index contributed by atoms with van der Waals surface area (Å²) in [6.45, 7) is 1.93. The van der Waals surface area contributed by atoms with Crippen molar-refractivity contribution in [3.8, 4) is 5.82 Å². The smallest absolute Gasteiger partial charge is 0.176 e. The van der Waals surface area contributed by atoms with Crippen LogP contribution in [0.25, 0.3) is 5.82 Å². The highest BCUT2D eigenvalue weighted by atomic mass is 15.3. The Bertz CT molecular complexity index is 419. The maximum Gasteiger partial charge on any atom is 0.176 e. The first-order chi connectivity index (χ1) is 6.27. The van der Waals surface area contributed by atoms with Gasteiger partial charge in [0.15, 0.2) is 5.82 Å². The molecule has 2 heterocycles. The van der Waals surface area contributed by atoms with Crippen LogP contribution in [0.2, 0.25) is 0 Å². The predicted molar refractivity (Wildman–Crippen MR) is 50.5 cm³/mol. The van der Waals surface area contributed by atoms with Crippen LogP contribution in [0.3, 0.4) is 0 Å². The second-order valence-electron chi connectivity index (χ2n) is 2.82. The van der Waals surface area contributed by atoms with Crippen LogP contribution in [-0.2, 0) is 0 Å². The molecule has 0 aliphatic carbocycles. The molecule has 0 aromatic carbocycles. The number of hydrogen-bond donors (Lipinski definition) is 1. The molecule has 0 amide bonds. The van der Waals surface area contributed by atoms with Gasteiger partial charge in [-0.25, -0.2) is 9.67 Å². The van der Waals surface area contributed by atoms with Crippen LogP contribution in [0.4, 0.5) is 5.69 Å². The van der Waals surface area contributed by atoms with E-state index in [0.29, 0.717) is 11.5 Å². The first-order valence-electron chi connectivity index (χ1n) is 4.00. The summed E-state index contributed by atoms with van der Waals surface area (Å²) in [5, 5.41) is 4.22. The molecule has 2 aromatic rings. The summed E-state index contributed by atoms with van der Waals surface area (Å²) in [4.78, 5) is 4.14. The Morgan fingerprint density at radius 3 is 2.85 bits per heavy atom. The second kappa shape index (κ2) is 2.90. The van der Waals surface area contributed by atoms with Crippen LogP contribution in [0.15, 0.2) is 30.6 Å². The molecule has 4 nitrogen and oxygen atoms in total. The largest absolute Gasteiger partial charge is 0.396 e. The van der Waals surface area contributed by atoms with Crippen molar-refractivity contribution >= 4 is 5.69 Å². The van der Waals surface area contributed by atoms with Gasteiger partial charge in [0, 0.05) is 12.4 Å². The number of aromatic nitrogens is 3. The Morgan fingerprint density at radius 1 is 1.38 bits per heavy atom. The lowest BCUT2D eigenvalue weighted by atomic mass is 10.4. The lowest BCUT2D eigenvalue weighted by Gasteiger charge is -2.02. The minimum absolute atomic E-state index is 0.630. The van der Waals surface area contributed by atoms with Crippen molar-refractivity contribution in [3.05, 3.63) is 36.3 Å². The molecule has 2 rings (SSSR count). The topological polar surface area (TPSA) is 56.7 Å². The van der Waals surface area contributed by atoms with Crippen molar-refractivity contribution in [2.45, 2.75) is 6.92 Å². The van der Waals surface area contributed by atoms with Gasteiger partial charge in [0.2, 0.25) is 0 Å². The van der Waals surface area contributed by atoms with Crippen LogP contribution in [0, 0.1) is 6.92 Å². The molecule has 13 heavy (non-hydrogen) atoms. The molecule has 0 saturated carbocycles. The van der Waals surface area contributed by atoms with Crippen LogP contribution >= 0.6 is 0 Å². The van der Waals surface area contributed by atoms with E-state index < -0.39 is 0 Å². The molecular formula is C9H10N4. The number of nitrogens with zero attached hydrogens (tertiary/aromatic N) is 3. The van der Waals surface area contributed by atoms with E-state index in [4.69, 9.17) is 5.73 Å². The first-order valence-corrected chi connectivity index (χ1v) is 4.00. The van der Waals surface area contributed by atoms with Gasteiger partial charge >= 0.3 is 0 Å². The Hall–Kier alpha value is -1.84. The molecule has 0 aliphatic heterocycles. The van der Waals surface area contributed by atoms with Gasteiger partial charge in [0.05, 0.1) is 11.4 Å². The molecule has 0 radical (unpaired) electrons. The van der Waals surface area contributed by atoms with Crippen LogP contribution < -0.4 is 5.73 Å². The van der Waals surface area contributed by atoms with E-state index in [1.165, 1.54) is 0 Å². The van der Waals surface area contributed by atoms with Gasteiger partial charge in [-0.2, -0.15) is 5.10 Å². The fraction of sp³-hybridized carbons (Fsp3) is 0.111. The maximum absolute atomic E-state index is 5.74. The molecule has 66 valence electrons. The summed E-state index contributed by atoms with van der Waals surface area (Å²) < 4.78 is 1.67. The molecule has 2 N–H and O–H groups in total. The van der Waals surface area contributed by atoms with Crippen molar-refractivity contribution in [1.82, 2.24) is 14.8 Å². The lowest BCUT2D eigenvalue weighted by molar-refractivity contribution is 0.835. The second-order valence-corrected chi connectivity index (χ2v) is 2.82. The van der Waals surface area contributed by atoms with E-state index >= 15 is 0 Å². The quantitative estimate of drug-likeness (QED) is 0.705. The van der Waals surface area contributed by atoms with Gasteiger partial charge in [0.25, 0.3) is 0 Å². The number of aryl methyl sites for hydroxylation is 1. The van der Waals surface area contributed by atoms with Gasteiger partial charge < -0.3 is 5.73 Å². The Morgan fingerprint density at radius 2 is 2.23 bits per heavy atom. The number of hydrogen-bond acceptors (Lipinski definition) is 3. The van der Waals surface area contributed by atoms with Crippen molar-refractivity contribution < 1.29 is 0 Å². The summed E-state index contributed by atoms with van der Waals surface area (Å²) in [6.07, 6.45) is 3.54. The molecule has 0 unspecified atom stereocenters. The van der Waals surface area contributed by atoms with Gasteiger partial charge in [-0.3, -0.25) is 0 Å². The summed E-state index contributed by atoms with van der Waals surface area (Å²) >= 11 is 0. The Kier molecular flexibility index (Phi) is 1.73. The zero-order chi connectivity index (χ0) is 9.26. The van der Waals surface area contributed by atoms with Crippen molar-refractivity contribution in [2.24, 2.45) is 0 Å². The normalized spacial score (nSPS) is 10.2. The average molecular weight is 174 g/mol. The molecule has 0 atom stereocenters. The van der Waals surface area contributed by atoms with E-state index in [1.807, 2.05) is 19.2 Å². The van der Waals surface area contributed by atoms with E-state index in [1.54, 1.807) is 23.0 Å². The fourth-order valence-corrected chi connectivity index (χ4v) is 1.13. The highest BCUT2D eigenvalue weighted by Gasteiger charge is 2.02. The summed E-state index contributed by atoms with van der Waals surface area (Å²) in [5.41, 5.74) is 7.32. The highest BCUT2D eigenvalue weighted by Crippen LogP contribution is 2.11. The first kappa shape index (κ1) is 7.79. The number of nitrogens with two attached hydrogens (primary N) is 1. The molecule has 4 heteroatoms. The standard InChI is InChI=1S/C9H10N4/c1-7-4-6-13(12-7)9-8(10)3-2-5-11-9/h2-6H,10H2,1H3. The number of rotatable bonds is 1. The minimum atomic E-state index is 0.630. The number of nitrogen functional groups attached to an aromatic ring is 1. The maximum atomic E-state index is 5.74. The fourth-order valence-electron chi connectivity index (χ4n) is 1.13.